The van der Waals surface area contributed by atoms with E-state index < -0.39 is 5.91 Å². The number of carbonyl (C=O) groups is 2. The third-order valence-corrected chi connectivity index (χ3v) is 5.49. The Labute approximate surface area is 150 Å². The van der Waals surface area contributed by atoms with Gasteiger partial charge in [-0.05, 0) is 25.7 Å². The van der Waals surface area contributed by atoms with Crippen molar-refractivity contribution >= 4 is 23.2 Å². The van der Waals surface area contributed by atoms with E-state index in [0.29, 0.717) is 22.7 Å². The number of likely N-dealkylation sites (tertiary alicyclic amines) is 1. The number of hydrogen-bond donors (Lipinski definition) is 1. The summed E-state index contributed by atoms with van der Waals surface area (Å²) >= 11 is 1.47. The molecule has 2 aromatic rings. The lowest BCUT2D eigenvalue weighted by Gasteiger charge is -2.32. The van der Waals surface area contributed by atoms with Gasteiger partial charge in [0, 0.05) is 32.3 Å². The quantitative estimate of drug-likeness (QED) is 0.880. The summed E-state index contributed by atoms with van der Waals surface area (Å²) in [6.07, 6.45) is 7.02. The van der Waals surface area contributed by atoms with E-state index in [1.54, 1.807) is 24.1 Å². The lowest BCUT2D eigenvalue weighted by molar-refractivity contribution is 0.0710. The highest BCUT2D eigenvalue weighted by atomic mass is 32.1. The minimum atomic E-state index is -0.474. The van der Waals surface area contributed by atoms with Crippen molar-refractivity contribution in [2.45, 2.75) is 38.5 Å². The zero-order valence-electron chi connectivity index (χ0n) is 14.6. The number of carbonyl (C=O) groups excluding carboxylic acids is 2. The van der Waals surface area contributed by atoms with Crippen molar-refractivity contribution in [2.75, 3.05) is 13.1 Å². The Morgan fingerprint density at radius 2 is 2.24 bits per heavy atom. The Kier molecular flexibility index (Phi) is 5.17. The molecule has 3 heterocycles. The van der Waals surface area contributed by atoms with Gasteiger partial charge in [-0.2, -0.15) is 5.10 Å². The minimum Gasteiger partial charge on any atom is -0.365 e. The molecule has 0 aromatic carbocycles. The molecule has 0 radical (unpaired) electrons. The highest BCUT2D eigenvalue weighted by Gasteiger charge is 2.30. The normalized spacial score (nSPS) is 17.7. The first-order valence-electron chi connectivity index (χ1n) is 8.57. The molecule has 0 saturated carbocycles. The van der Waals surface area contributed by atoms with Crippen molar-refractivity contribution in [3.05, 3.63) is 33.5 Å². The molecule has 0 bridgehead atoms. The maximum Gasteiger partial charge on any atom is 0.265 e. The second kappa shape index (κ2) is 7.35. The number of piperidine rings is 1. The van der Waals surface area contributed by atoms with Gasteiger partial charge in [-0.3, -0.25) is 14.3 Å². The van der Waals surface area contributed by atoms with E-state index >= 15 is 0 Å². The van der Waals surface area contributed by atoms with Crippen LogP contribution in [0.2, 0.25) is 0 Å². The van der Waals surface area contributed by atoms with Crippen molar-refractivity contribution in [1.29, 1.82) is 0 Å². The average molecular weight is 361 g/mol. The molecule has 2 N–H and O–H groups in total. The Balaban J connectivity index is 1.76. The minimum absolute atomic E-state index is 0.0149. The molecule has 25 heavy (non-hydrogen) atoms. The van der Waals surface area contributed by atoms with Crippen LogP contribution in [0.3, 0.4) is 0 Å². The lowest BCUT2D eigenvalue weighted by Crippen LogP contribution is -2.39. The van der Waals surface area contributed by atoms with Crippen LogP contribution in [0.1, 0.15) is 62.8 Å². The topological polar surface area (TPSA) is 94.1 Å². The van der Waals surface area contributed by atoms with Crippen LogP contribution in [0, 0.1) is 0 Å². The molecule has 7 nitrogen and oxygen atoms in total. The van der Waals surface area contributed by atoms with Gasteiger partial charge in [-0.25, -0.2) is 4.98 Å². The van der Waals surface area contributed by atoms with E-state index in [0.717, 1.165) is 37.2 Å². The third-order valence-electron chi connectivity index (χ3n) is 4.45. The summed E-state index contributed by atoms with van der Waals surface area (Å²) in [6.45, 7) is 3.37. The van der Waals surface area contributed by atoms with Gasteiger partial charge in [0.25, 0.3) is 11.8 Å². The summed E-state index contributed by atoms with van der Waals surface area (Å²) in [7, 11) is 1.77. The second-order valence-corrected chi connectivity index (χ2v) is 7.54. The van der Waals surface area contributed by atoms with Crippen LogP contribution < -0.4 is 5.73 Å². The molecule has 134 valence electrons. The summed E-state index contributed by atoms with van der Waals surface area (Å²) in [5, 5.41) is 5.42. The van der Waals surface area contributed by atoms with E-state index in [4.69, 9.17) is 5.73 Å². The highest BCUT2D eigenvalue weighted by Crippen LogP contribution is 2.29. The number of aromatic nitrogens is 3. The largest absolute Gasteiger partial charge is 0.365 e. The summed E-state index contributed by atoms with van der Waals surface area (Å²) in [6, 6.07) is 0. The van der Waals surface area contributed by atoms with Gasteiger partial charge in [0.2, 0.25) is 0 Å². The Hall–Kier alpha value is -2.22. The molecule has 1 atom stereocenters. The molecule has 0 aliphatic carbocycles. The van der Waals surface area contributed by atoms with Crippen LogP contribution in [0.4, 0.5) is 0 Å². The van der Waals surface area contributed by atoms with E-state index in [1.165, 1.54) is 11.3 Å². The van der Waals surface area contributed by atoms with Gasteiger partial charge in [0.05, 0.1) is 22.5 Å². The van der Waals surface area contributed by atoms with E-state index in [2.05, 4.69) is 17.0 Å². The summed E-state index contributed by atoms with van der Waals surface area (Å²) in [5.41, 5.74) is 6.62. The number of nitrogens with zero attached hydrogens (tertiary/aromatic N) is 4. The van der Waals surface area contributed by atoms with Crippen molar-refractivity contribution in [3.8, 4) is 0 Å². The number of aryl methyl sites for hydroxylation is 2. The Morgan fingerprint density at radius 3 is 2.96 bits per heavy atom. The first-order chi connectivity index (χ1) is 12.0. The van der Waals surface area contributed by atoms with E-state index in [-0.39, 0.29) is 11.8 Å². The molecule has 3 rings (SSSR count). The zero-order valence-corrected chi connectivity index (χ0v) is 15.4. The predicted octanol–water partition coefficient (Wildman–Crippen LogP) is 1.95. The zero-order chi connectivity index (χ0) is 18.0. The number of rotatable bonds is 5. The highest BCUT2D eigenvalue weighted by molar-refractivity contribution is 7.13. The summed E-state index contributed by atoms with van der Waals surface area (Å²) in [4.78, 5) is 31.3. The number of thiazole rings is 1. The van der Waals surface area contributed by atoms with Gasteiger partial charge in [0.15, 0.2) is 0 Å². The van der Waals surface area contributed by atoms with Gasteiger partial charge in [-0.15, -0.1) is 11.3 Å². The maximum atomic E-state index is 12.8. The SMILES string of the molecule is CCCc1ncc(C(=O)N2CCC[C@H](c3nn(C)cc3C(N)=O)C2)s1. The molecular formula is C17H23N5O2S. The van der Waals surface area contributed by atoms with Gasteiger partial charge < -0.3 is 10.6 Å². The van der Waals surface area contributed by atoms with E-state index in [1.807, 2.05) is 4.90 Å². The molecule has 1 aliphatic heterocycles. The van der Waals surface area contributed by atoms with Crippen LogP contribution in [0.25, 0.3) is 0 Å². The van der Waals surface area contributed by atoms with Crippen molar-refractivity contribution in [1.82, 2.24) is 19.7 Å². The average Bonchev–Trinajstić information content (AvgIpc) is 3.21. The van der Waals surface area contributed by atoms with Crippen LogP contribution >= 0.6 is 11.3 Å². The van der Waals surface area contributed by atoms with Crippen LogP contribution in [-0.2, 0) is 13.5 Å². The third kappa shape index (κ3) is 3.73. The molecule has 0 unspecified atom stereocenters. The molecule has 1 fully saturated rings. The molecule has 2 amide bonds. The van der Waals surface area contributed by atoms with Crippen molar-refractivity contribution < 1.29 is 9.59 Å². The molecule has 1 saturated heterocycles. The number of nitrogens with two attached hydrogens (primary N) is 1. The van der Waals surface area contributed by atoms with Crippen LogP contribution in [-0.4, -0.2) is 44.6 Å². The van der Waals surface area contributed by atoms with Crippen LogP contribution in [0.15, 0.2) is 12.4 Å². The lowest BCUT2D eigenvalue weighted by atomic mass is 9.92. The fourth-order valence-corrected chi connectivity index (χ4v) is 4.26. The maximum absolute atomic E-state index is 12.8. The summed E-state index contributed by atoms with van der Waals surface area (Å²) < 4.78 is 1.61. The smallest absolute Gasteiger partial charge is 0.265 e. The molecule has 8 heteroatoms. The van der Waals surface area contributed by atoms with Crippen molar-refractivity contribution in [2.24, 2.45) is 12.8 Å². The first kappa shape index (κ1) is 17.6. The van der Waals surface area contributed by atoms with Crippen molar-refractivity contribution in [3.63, 3.8) is 0 Å². The first-order valence-corrected chi connectivity index (χ1v) is 9.38. The predicted molar refractivity (Wildman–Crippen MR) is 95.7 cm³/mol. The van der Waals surface area contributed by atoms with Gasteiger partial charge >= 0.3 is 0 Å². The number of primary amides is 1. The van der Waals surface area contributed by atoms with Gasteiger partial charge in [-0.1, -0.05) is 6.92 Å². The molecule has 1 aliphatic rings. The Bertz CT molecular complexity index is 782. The second-order valence-electron chi connectivity index (χ2n) is 6.42. The fourth-order valence-electron chi connectivity index (χ4n) is 3.28. The van der Waals surface area contributed by atoms with E-state index in [9.17, 15) is 9.59 Å². The van der Waals surface area contributed by atoms with Gasteiger partial charge in [0.1, 0.15) is 4.88 Å². The molecule has 2 aromatic heterocycles. The van der Waals surface area contributed by atoms with Crippen LogP contribution in [0.5, 0.6) is 0 Å². The number of hydrogen-bond acceptors (Lipinski definition) is 5. The number of amides is 2. The summed E-state index contributed by atoms with van der Waals surface area (Å²) in [5.74, 6) is -0.427. The Morgan fingerprint density at radius 1 is 1.44 bits per heavy atom. The standard InChI is InChI=1S/C17H23N5O2S/c1-3-5-14-19-8-13(25-14)17(24)22-7-4-6-11(9-22)15-12(16(18)23)10-21(2)20-15/h8,10-11H,3-7,9H2,1-2H3,(H2,18,23)/t11-/m0/s1. The molecule has 0 spiro atoms. The monoisotopic (exact) mass is 361 g/mol. The molecular weight excluding hydrogens is 338 g/mol. The fraction of sp³-hybridized carbons (Fsp3) is 0.529.